The largest absolute Gasteiger partial charge is 0.504 e. The Morgan fingerprint density at radius 3 is 2.52 bits per heavy atom. The van der Waals surface area contributed by atoms with Crippen LogP contribution in [-0.2, 0) is 11.3 Å². The lowest BCUT2D eigenvalue weighted by Crippen LogP contribution is -2.38. The molecule has 0 aliphatic rings. The second-order valence-corrected chi connectivity index (χ2v) is 6.41. The highest BCUT2D eigenvalue weighted by molar-refractivity contribution is 5.68. The molecule has 3 N–H and O–H groups in total. The number of amides is 1. The van der Waals surface area contributed by atoms with Crippen LogP contribution in [0.5, 0.6) is 11.5 Å². The summed E-state index contributed by atoms with van der Waals surface area (Å²) in [4.78, 5) is 13.7. The summed E-state index contributed by atoms with van der Waals surface area (Å²) in [5, 5.41) is 21.9. The van der Waals surface area contributed by atoms with E-state index in [1.54, 1.807) is 11.0 Å². The van der Waals surface area contributed by atoms with Crippen LogP contribution in [0.2, 0.25) is 0 Å². The van der Waals surface area contributed by atoms with Gasteiger partial charge in [-0.05, 0) is 58.4 Å². The third kappa shape index (κ3) is 7.23. The maximum Gasteiger partial charge on any atom is 0.410 e. The number of hydrogen-bond donors (Lipinski definition) is 3. The smallest absolute Gasteiger partial charge is 0.410 e. The molecular formula is C17H28N2O4. The minimum Gasteiger partial charge on any atom is -0.504 e. The number of carbonyl (C=O) groups is 1. The predicted molar refractivity (Wildman–Crippen MR) is 89.6 cm³/mol. The van der Waals surface area contributed by atoms with Gasteiger partial charge in [0.05, 0.1) is 0 Å². The van der Waals surface area contributed by atoms with E-state index in [0.29, 0.717) is 19.6 Å². The van der Waals surface area contributed by atoms with Gasteiger partial charge in [0, 0.05) is 19.6 Å². The first-order valence-corrected chi connectivity index (χ1v) is 7.92. The van der Waals surface area contributed by atoms with Gasteiger partial charge < -0.3 is 25.2 Å². The van der Waals surface area contributed by atoms with Gasteiger partial charge in [-0.2, -0.15) is 0 Å². The van der Waals surface area contributed by atoms with Crippen LogP contribution in [0, 0.1) is 0 Å². The van der Waals surface area contributed by atoms with E-state index in [2.05, 4.69) is 5.32 Å². The van der Waals surface area contributed by atoms with Gasteiger partial charge in [-0.25, -0.2) is 4.79 Å². The number of benzene rings is 1. The Morgan fingerprint density at radius 1 is 1.26 bits per heavy atom. The average Bonchev–Trinajstić information content (AvgIpc) is 2.44. The van der Waals surface area contributed by atoms with Crippen molar-refractivity contribution in [1.82, 2.24) is 10.2 Å². The molecule has 0 unspecified atom stereocenters. The fourth-order valence-corrected chi connectivity index (χ4v) is 2.01. The van der Waals surface area contributed by atoms with Crippen LogP contribution in [0.3, 0.4) is 0 Å². The molecule has 0 spiro atoms. The number of rotatable bonds is 7. The summed E-state index contributed by atoms with van der Waals surface area (Å²) in [6, 6.07) is 4.75. The van der Waals surface area contributed by atoms with E-state index in [1.165, 1.54) is 12.1 Å². The molecule has 130 valence electrons. The zero-order chi connectivity index (χ0) is 17.5. The zero-order valence-corrected chi connectivity index (χ0v) is 14.4. The molecular weight excluding hydrogens is 296 g/mol. The normalized spacial score (nSPS) is 11.3. The van der Waals surface area contributed by atoms with Crippen LogP contribution in [0.15, 0.2) is 18.2 Å². The van der Waals surface area contributed by atoms with Gasteiger partial charge in [-0.1, -0.05) is 6.07 Å². The maximum atomic E-state index is 12.0. The third-order valence-corrected chi connectivity index (χ3v) is 3.18. The Labute approximate surface area is 138 Å². The predicted octanol–water partition coefficient (Wildman–Crippen LogP) is 2.83. The first-order valence-electron chi connectivity index (χ1n) is 7.92. The number of nitrogens with one attached hydrogen (secondary N) is 1. The summed E-state index contributed by atoms with van der Waals surface area (Å²) < 4.78 is 5.36. The molecule has 1 rings (SSSR count). The number of aromatic hydroxyl groups is 2. The lowest BCUT2D eigenvalue weighted by atomic mass is 10.2. The van der Waals surface area contributed by atoms with Gasteiger partial charge in [-0.15, -0.1) is 0 Å². The summed E-state index contributed by atoms with van der Waals surface area (Å²) in [6.45, 7) is 10.1. The van der Waals surface area contributed by atoms with Crippen LogP contribution >= 0.6 is 0 Å². The molecule has 23 heavy (non-hydrogen) atoms. The van der Waals surface area contributed by atoms with E-state index in [9.17, 15) is 15.0 Å². The molecule has 0 aliphatic carbocycles. The maximum absolute atomic E-state index is 12.0. The van der Waals surface area contributed by atoms with E-state index in [-0.39, 0.29) is 17.6 Å². The molecule has 0 radical (unpaired) electrons. The van der Waals surface area contributed by atoms with E-state index < -0.39 is 5.60 Å². The molecule has 1 amide bonds. The van der Waals surface area contributed by atoms with E-state index >= 15 is 0 Å². The van der Waals surface area contributed by atoms with Crippen molar-refractivity contribution < 1.29 is 19.7 Å². The highest BCUT2D eigenvalue weighted by Crippen LogP contribution is 2.24. The Bertz CT molecular complexity index is 512. The summed E-state index contributed by atoms with van der Waals surface area (Å²) in [6.07, 6.45) is 0.514. The van der Waals surface area contributed by atoms with Gasteiger partial charge in [0.25, 0.3) is 0 Å². The molecule has 0 bridgehead atoms. The summed E-state index contributed by atoms with van der Waals surface area (Å²) >= 11 is 0. The molecule has 1 aromatic rings. The van der Waals surface area contributed by atoms with Crippen LogP contribution in [0.4, 0.5) is 4.79 Å². The number of ether oxygens (including phenoxy) is 1. The lowest BCUT2D eigenvalue weighted by Gasteiger charge is -2.26. The third-order valence-electron chi connectivity index (χ3n) is 3.18. The monoisotopic (exact) mass is 324 g/mol. The molecule has 0 saturated carbocycles. The second-order valence-electron chi connectivity index (χ2n) is 6.41. The average molecular weight is 324 g/mol. The van der Waals surface area contributed by atoms with Gasteiger partial charge >= 0.3 is 6.09 Å². The summed E-state index contributed by atoms with van der Waals surface area (Å²) in [7, 11) is 0. The molecule has 0 aliphatic heterocycles. The van der Waals surface area contributed by atoms with Gasteiger partial charge in [0.15, 0.2) is 11.5 Å². The van der Waals surface area contributed by atoms with Crippen molar-refractivity contribution in [2.24, 2.45) is 0 Å². The molecule has 0 saturated heterocycles. The minimum absolute atomic E-state index is 0.119. The van der Waals surface area contributed by atoms with Crippen molar-refractivity contribution >= 4 is 6.09 Å². The zero-order valence-electron chi connectivity index (χ0n) is 14.4. The number of hydrogen-bond acceptors (Lipinski definition) is 5. The number of nitrogens with zero attached hydrogens (tertiary/aromatic N) is 1. The van der Waals surface area contributed by atoms with E-state index in [1.807, 2.05) is 27.7 Å². The highest BCUT2D eigenvalue weighted by Gasteiger charge is 2.20. The summed E-state index contributed by atoms with van der Waals surface area (Å²) in [5.74, 6) is -0.240. The molecule has 0 atom stereocenters. The van der Waals surface area contributed by atoms with Crippen LogP contribution in [0.25, 0.3) is 0 Å². The minimum atomic E-state index is -0.483. The van der Waals surface area contributed by atoms with Gasteiger partial charge in [0.2, 0.25) is 0 Å². The number of phenols is 2. The Balaban J connectivity index is 2.29. The number of carbonyl (C=O) groups excluding carboxylic acids is 1. The summed E-state index contributed by atoms with van der Waals surface area (Å²) in [5.41, 5.74) is 0.406. The van der Waals surface area contributed by atoms with Crippen molar-refractivity contribution in [1.29, 1.82) is 0 Å². The molecule has 0 aromatic heterocycles. The van der Waals surface area contributed by atoms with Crippen molar-refractivity contribution in [3.8, 4) is 11.5 Å². The quantitative estimate of drug-likeness (QED) is 0.531. The molecule has 0 fully saturated rings. The fourth-order valence-electron chi connectivity index (χ4n) is 2.01. The van der Waals surface area contributed by atoms with Crippen molar-refractivity contribution in [2.45, 2.75) is 46.3 Å². The van der Waals surface area contributed by atoms with Crippen molar-refractivity contribution in [3.05, 3.63) is 23.8 Å². The van der Waals surface area contributed by atoms with Crippen molar-refractivity contribution in [3.63, 3.8) is 0 Å². The lowest BCUT2D eigenvalue weighted by molar-refractivity contribution is 0.0258. The Kier molecular flexibility index (Phi) is 7.16. The fraction of sp³-hybridized carbons (Fsp3) is 0.588. The molecule has 1 aromatic carbocycles. The van der Waals surface area contributed by atoms with Gasteiger partial charge in [-0.3, -0.25) is 0 Å². The molecule has 6 heteroatoms. The SMILES string of the molecule is CCN(CCCNCc1ccc(O)c(O)c1)C(=O)OC(C)(C)C. The van der Waals surface area contributed by atoms with Crippen molar-refractivity contribution in [2.75, 3.05) is 19.6 Å². The first kappa shape index (κ1) is 19.1. The Hall–Kier alpha value is -1.95. The first-order chi connectivity index (χ1) is 10.7. The second kappa shape index (κ2) is 8.62. The van der Waals surface area contributed by atoms with Crippen LogP contribution in [0.1, 0.15) is 39.7 Å². The van der Waals surface area contributed by atoms with E-state index in [4.69, 9.17) is 4.74 Å². The number of phenolic OH excluding ortho intramolecular Hbond substituents is 2. The highest BCUT2D eigenvalue weighted by atomic mass is 16.6. The van der Waals surface area contributed by atoms with Crippen LogP contribution < -0.4 is 5.32 Å². The van der Waals surface area contributed by atoms with E-state index in [0.717, 1.165) is 18.5 Å². The molecule has 0 heterocycles. The molecule has 6 nitrogen and oxygen atoms in total. The van der Waals surface area contributed by atoms with Crippen LogP contribution in [-0.4, -0.2) is 46.4 Å². The standard InChI is InChI=1S/C17H28N2O4/c1-5-19(16(22)23-17(2,3)4)10-6-9-18-12-13-7-8-14(20)15(21)11-13/h7-8,11,18,20-21H,5-6,9-10,12H2,1-4H3. The topological polar surface area (TPSA) is 82.0 Å². The Morgan fingerprint density at radius 2 is 1.96 bits per heavy atom. The van der Waals surface area contributed by atoms with Gasteiger partial charge in [0.1, 0.15) is 5.60 Å².